The molecule has 0 saturated heterocycles. The summed E-state index contributed by atoms with van der Waals surface area (Å²) >= 11 is 11.9. The van der Waals surface area contributed by atoms with Crippen LogP contribution in [-0.4, -0.2) is 24.3 Å². The van der Waals surface area contributed by atoms with E-state index in [0.717, 1.165) is 0 Å². The quantitative estimate of drug-likeness (QED) is 0.557. The van der Waals surface area contributed by atoms with Crippen LogP contribution in [0.1, 0.15) is 41.5 Å². The van der Waals surface area contributed by atoms with E-state index in [4.69, 9.17) is 27.9 Å². The number of ether oxygens (including phenoxy) is 1. The molecule has 2 aromatic carbocycles. The maximum Gasteiger partial charge on any atom is 0.341 e. The van der Waals surface area contributed by atoms with Gasteiger partial charge in [-0.1, -0.05) is 50.0 Å². The van der Waals surface area contributed by atoms with Gasteiger partial charge in [0.25, 0.3) is 0 Å². The molecule has 0 spiro atoms. The molecule has 0 aliphatic heterocycles. The molecule has 2 aromatic rings. The Morgan fingerprint density at radius 2 is 1.52 bits per heavy atom. The summed E-state index contributed by atoms with van der Waals surface area (Å²) < 4.78 is 5.02. The number of carbonyl (C=O) groups is 3. The van der Waals surface area contributed by atoms with Gasteiger partial charge < -0.3 is 10.1 Å². The van der Waals surface area contributed by atoms with E-state index in [0.29, 0.717) is 11.3 Å². The Bertz CT molecular complexity index is 850. The van der Waals surface area contributed by atoms with Gasteiger partial charge in [-0.2, -0.15) is 0 Å². The highest BCUT2D eigenvalue weighted by Gasteiger charge is 2.21. The minimum absolute atomic E-state index is 0.0221. The number of ketones is 1. The smallest absolute Gasteiger partial charge is 0.341 e. The highest BCUT2D eigenvalue weighted by molar-refractivity contribution is 6.39. The van der Waals surface area contributed by atoms with E-state index < -0.39 is 18.0 Å². The average Bonchev–Trinajstić information content (AvgIpc) is 2.59. The van der Waals surface area contributed by atoms with Gasteiger partial charge in [-0.15, -0.1) is 0 Å². The monoisotopic (exact) mass is 407 g/mol. The number of hydrogen-bond donors (Lipinski definition) is 1. The fourth-order valence-corrected chi connectivity index (χ4v) is 2.59. The molecule has 0 heterocycles. The van der Waals surface area contributed by atoms with Crippen LogP contribution in [0.2, 0.25) is 10.0 Å². The number of amides is 1. The van der Waals surface area contributed by atoms with E-state index in [9.17, 15) is 14.4 Å². The van der Waals surface area contributed by atoms with Gasteiger partial charge in [-0.05, 0) is 36.4 Å². The van der Waals surface area contributed by atoms with Gasteiger partial charge >= 0.3 is 5.97 Å². The normalized spacial score (nSPS) is 11.0. The predicted molar refractivity (Wildman–Crippen MR) is 106 cm³/mol. The van der Waals surface area contributed by atoms with Gasteiger partial charge in [0.1, 0.15) is 0 Å². The van der Waals surface area contributed by atoms with Gasteiger partial charge in [0.05, 0.1) is 15.6 Å². The molecule has 0 aromatic heterocycles. The molecule has 27 heavy (non-hydrogen) atoms. The zero-order chi connectivity index (χ0) is 20.2. The van der Waals surface area contributed by atoms with E-state index >= 15 is 0 Å². The van der Waals surface area contributed by atoms with Crippen molar-refractivity contribution >= 4 is 46.5 Å². The number of benzene rings is 2. The van der Waals surface area contributed by atoms with Crippen LogP contribution in [-0.2, 0) is 9.53 Å². The minimum Gasteiger partial charge on any atom is -0.454 e. The molecule has 1 amide bonds. The number of hydrogen-bond acceptors (Lipinski definition) is 4. The lowest BCUT2D eigenvalue weighted by molar-refractivity contribution is -0.123. The van der Waals surface area contributed by atoms with Crippen molar-refractivity contribution in [1.82, 2.24) is 0 Å². The Kier molecular flexibility index (Phi) is 6.63. The average molecular weight is 408 g/mol. The molecule has 0 atom stereocenters. The van der Waals surface area contributed by atoms with E-state index in [2.05, 4.69) is 5.32 Å². The summed E-state index contributed by atoms with van der Waals surface area (Å²) in [6, 6.07) is 11.0. The van der Waals surface area contributed by atoms with Crippen molar-refractivity contribution in [2.45, 2.75) is 20.8 Å². The molecule has 0 aliphatic rings. The Hall–Kier alpha value is -2.37. The summed E-state index contributed by atoms with van der Waals surface area (Å²) in [5, 5.41) is 3.07. The number of esters is 1. The molecule has 0 fully saturated rings. The van der Waals surface area contributed by atoms with Gasteiger partial charge in [-0.3, -0.25) is 9.59 Å². The van der Waals surface area contributed by atoms with Gasteiger partial charge in [0.2, 0.25) is 5.91 Å². The Balaban J connectivity index is 1.98. The number of anilines is 1. The van der Waals surface area contributed by atoms with Gasteiger partial charge in [0.15, 0.2) is 12.4 Å². The van der Waals surface area contributed by atoms with E-state index in [-0.39, 0.29) is 27.3 Å². The summed E-state index contributed by atoms with van der Waals surface area (Å²) in [6.45, 7) is 4.97. The summed E-state index contributed by atoms with van der Waals surface area (Å²) in [6.07, 6.45) is 0. The Morgan fingerprint density at radius 1 is 0.963 bits per heavy atom. The molecule has 7 heteroatoms. The van der Waals surface area contributed by atoms with Crippen molar-refractivity contribution in [1.29, 1.82) is 0 Å². The Labute approximate surface area is 167 Å². The standard InChI is InChI=1S/C20H19Cl2NO4/c1-20(2,3)19(26)23-13-9-7-12(8-10-13)16(24)11-27-18(25)17-14(21)5-4-6-15(17)22/h4-10H,11H2,1-3H3,(H,23,26). The van der Waals surface area contributed by atoms with Crippen LogP contribution >= 0.6 is 23.2 Å². The lowest BCUT2D eigenvalue weighted by atomic mass is 9.95. The van der Waals surface area contributed by atoms with Crippen LogP contribution in [0.15, 0.2) is 42.5 Å². The van der Waals surface area contributed by atoms with Crippen molar-refractivity contribution in [3.63, 3.8) is 0 Å². The number of Topliss-reactive ketones (excluding diaryl/α,β-unsaturated/α-hetero) is 1. The first-order valence-electron chi connectivity index (χ1n) is 8.15. The van der Waals surface area contributed by atoms with Crippen LogP contribution in [0.25, 0.3) is 0 Å². The second-order valence-electron chi connectivity index (χ2n) is 6.88. The van der Waals surface area contributed by atoms with Gasteiger partial charge in [0, 0.05) is 16.7 Å². The molecule has 0 radical (unpaired) electrons. The molecule has 0 aliphatic carbocycles. The van der Waals surface area contributed by atoms with E-state index in [1.54, 1.807) is 51.1 Å². The molecule has 2 rings (SSSR count). The molecule has 0 saturated carbocycles. The zero-order valence-electron chi connectivity index (χ0n) is 15.1. The van der Waals surface area contributed by atoms with E-state index in [1.165, 1.54) is 12.1 Å². The van der Waals surface area contributed by atoms with Crippen LogP contribution in [0.4, 0.5) is 5.69 Å². The van der Waals surface area contributed by atoms with Crippen molar-refractivity contribution < 1.29 is 19.1 Å². The lowest BCUT2D eigenvalue weighted by Crippen LogP contribution is -2.27. The molecule has 5 nitrogen and oxygen atoms in total. The van der Waals surface area contributed by atoms with Crippen LogP contribution < -0.4 is 5.32 Å². The maximum absolute atomic E-state index is 12.2. The molecule has 0 bridgehead atoms. The minimum atomic E-state index is -0.770. The number of nitrogens with one attached hydrogen (secondary N) is 1. The lowest BCUT2D eigenvalue weighted by Gasteiger charge is -2.17. The van der Waals surface area contributed by atoms with Crippen LogP contribution in [0, 0.1) is 5.41 Å². The summed E-state index contributed by atoms with van der Waals surface area (Å²) in [5.74, 6) is -1.29. The number of rotatable bonds is 5. The van der Waals surface area contributed by atoms with Crippen molar-refractivity contribution in [3.8, 4) is 0 Å². The third-order valence-corrected chi connectivity index (χ3v) is 4.28. The summed E-state index contributed by atoms with van der Waals surface area (Å²) in [5.41, 5.74) is 0.421. The maximum atomic E-state index is 12.2. The molecule has 1 N–H and O–H groups in total. The van der Waals surface area contributed by atoms with E-state index in [1.807, 2.05) is 0 Å². The number of carbonyl (C=O) groups excluding carboxylic acids is 3. The first kappa shape index (κ1) is 20.9. The molecule has 142 valence electrons. The topological polar surface area (TPSA) is 72.5 Å². The van der Waals surface area contributed by atoms with Crippen LogP contribution in [0.3, 0.4) is 0 Å². The van der Waals surface area contributed by atoms with Crippen molar-refractivity contribution in [2.24, 2.45) is 5.41 Å². The summed E-state index contributed by atoms with van der Waals surface area (Å²) in [7, 11) is 0. The second-order valence-corrected chi connectivity index (χ2v) is 7.69. The van der Waals surface area contributed by atoms with Crippen LogP contribution in [0.5, 0.6) is 0 Å². The van der Waals surface area contributed by atoms with Crippen molar-refractivity contribution in [2.75, 3.05) is 11.9 Å². The predicted octanol–water partition coefficient (Wildman–Crippen LogP) is 5.02. The highest BCUT2D eigenvalue weighted by atomic mass is 35.5. The third-order valence-electron chi connectivity index (χ3n) is 3.65. The first-order chi connectivity index (χ1) is 12.6. The first-order valence-corrected chi connectivity index (χ1v) is 8.91. The summed E-state index contributed by atoms with van der Waals surface area (Å²) in [4.78, 5) is 36.3. The SMILES string of the molecule is CC(C)(C)C(=O)Nc1ccc(C(=O)COC(=O)c2c(Cl)cccc2Cl)cc1. The molecular weight excluding hydrogens is 389 g/mol. The van der Waals surface area contributed by atoms with Gasteiger partial charge in [-0.25, -0.2) is 4.79 Å². The number of halogens is 2. The largest absolute Gasteiger partial charge is 0.454 e. The second kappa shape index (κ2) is 8.55. The molecule has 0 unspecified atom stereocenters. The highest BCUT2D eigenvalue weighted by Crippen LogP contribution is 2.25. The zero-order valence-corrected chi connectivity index (χ0v) is 16.6. The fourth-order valence-electron chi connectivity index (χ4n) is 2.04. The third kappa shape index (κ3) is 5.55. The fraction of sp³-hybridized carbons (Fsp3) is 0.250. The van der Waals surface area contributed by atoms with Crippen molar-refractivity contribution in [3.05, 3.63) is 63.6 Å². The Morgan fingerprint density at radius 3 is 2.04 bits per heavy atom. The molecular formula is C20H19Cl2NO4.